The van der Waals surface area contributed by atoms with Gasteiger partial charge in [-0.05, 0) is 25.3 Å². The topological polar surface area (TPSA) is 43.4 Å². The van der Waals surface area contributed by atoms with Crippen LogP contribution in [0.5, 0.6) is 0 Å². The Morgan fingerprint density at radius 2 is 1.82 bits per heavy atom. The molecule has 0 radical (unpaired) electrons. The molecular weight excluding hydrogens is 216 g/mol. The molecule has 0 spiro atoms. The highest BCUT2D eigenvalue weighted by Crippen LogP contribution is 2.18. The van der Waals surface area contributed by atoms with E-state index in [1.54, 1.807) is 51.1 Å². The van der Waals surface area contributed by atoms with Gasteiger partial charge < -0.3 is 4.74 Å². The molecule has 0 saturated carbocycles. The maximum Gasteiger partial charge on any atom is 0.374 e. The first-order valence-corrected chi connectivity index (χ1v) is 5.57. The maximum atomic E-state index is 11.9. The molecule has 1 unspecified atom stereocenters. The van der Waals surface area contributed by atoms with Gasteiger partial charge >= 0.3 is 5.97 Å². The molecule has 0 aliphatic rings. The zero-order valence-electron chi connectivity index (χ0n) is 12.3. The van der Waals surface area contributed by atoms with Crippen LogP contribution in [0, 0.1) is 0 Å². The quantitative estimate of drug-likeness (QED) is 0.583. The maximum absolute atomic E-state index is 11.9. The third-order valence-electron chi connectivity index (χ3n) is 2.18. The minimum absolute atomic E-state index is 0.445. The molecule has 0 amide bonds. The normalized spacial score (nSPS) is 14.8. The van der Waals surface area contributed by atoms with Gasteiger partial charge in [-0.15, -0.1) is 0 Å². The number of esters is 1. The minimum Gasteiger partial charge on any atom is -0.457 e. The van der Waals surface area contributed by atoms with Crippen LogP contribution in [-0.4, -0.2) is 17.9 Å². The van der Waals surface area contributed by atoms with E-state index in [2.05, 4.69) is 0 Å². The number of carbonyl (C=O) groups is 2. The summed E-state index contributed by atoms with van der Waals surface area (Å²) < 4.78 is 20.5. The van der Waals surface area contributed by atoms with Crippen LogP contribution < -0.4 is 0 Å². The molecule has 0 aliphatic heterocycles. The van der Waals surface area contributed by atoms with E-state index in [9.17, 15) is 9.59 Å². The molecule has 0 aliphatic carbocycles. The summed E-state index contributed by atoms with van der Waals surface area (Å²) >= 11 is 0. The molecule has 1 atom stereocenters. The van der Waals surface area contributed by atoms with E-state index < -0.39 is 30.1 Å². The first-order valence-electron chi connectivity index (χ1n) is 6.57. The van der Waals surface area contributed by atoms with E-state index in [0.717, 1.165) is 0 Å². The van der Waals surface area contributed by atoms with Crippen molar-refractivity contribution < 1.29 is 17.1 Å². The summed E-state index contributed by atoms with van der Waals surface area (Å²) in [7, 11) is 0. The van der Waals surface area contributed by atoms with E-state index in [4.69, 9.17) is 7.48 Å². The summed E-state index contributed by atoms with van der Waals surface area (Å²) in [6, 6.07) is 8.78. The van der Waals surface area contributed by atoms with Crippen molar-refractivity contribution in [3.05, 3.63) is 35.9 Å². The first-order chi connectivity index (χ1) is 8.76. The number of benzene rings is 1. The third kappa shape index (κ3) is 4.39. The van der Waals surface area contributed by atoms with Gasteiger partial charge in [0.15, 0.2) is 0 Å². The molecule has 0 saturated heterocycles. The van der Waals surface area contributed by atoms with Crippen LogP contribution in [0.3, 0.4) is 0 Å². The van der Waals surface area contributed by atoms with Crippen molar-refractivity contribution in [1.82, 2.24) is 0 Å². The number of hydrogen-bond donors (Lipinski definition) is 0. The SMILES string of the molecule is [2H]C([2H])(C(=O)C(=O)OC(C)C)C(C)c1ccccc1. The summed E-state index contributed by atoms with van der Waals surface area (Å²) in [5.74, 6) is -2.98. The fraction of sp³-hybridized carbons (Fsp3) is 0.429. The second kappa shape index (κ2) is 6.18. The van der Waals surface area contributed by atoms with E-state index in [1.165, 1.54) is 0 Å². The van der Waals surface area contributed by atoms with Crippen molar-refractivity contribution in [3.8, 4) is 0 Å². The molecule has 17 heavy (non-hydrogen) atoms. The van der Waals surface area contributed by atoms with Crippen molar-refractivity contribution in [2.75, 3.05) is 0 Å². The standard InChI is InChI=1S/C14H18O3/c1-10(2)17-14(16)13(15)9-11(3)12-7-5-4-6-8-12/h4-8,10-11H,9H2,1-3H3/i9D2. The first kappa shape index (κ1) is 10.5. The average molecular weight is 236 g/mol. The van der Waals surface area contributed by atoms with E-state index >= 15 is 0 Å². The fourth-order valence-electron chi connectivity index (χ4n) is 1.35. The van der Waals surface area contributed by atoms with Crippen LogP contribution in [-0.2, 0) is 14.3 Å². The average Bonchev–Trinajstić information content (AvgIpc) is 2.37. The number of carbonyl (C=O) groups excluding carboxylic acids is 2. The Bertz CT molecular complexity index is 455. The largest absolute Gasteiger partial charge is 0.457 e. The molecule has 3 heteroatoms. The highest BCUT2D eigenvalue weighted by molar-refractivity contribution is 6.33. The smallest absolute Gasteiger partial charge is 0.374 e. The van der Waals surface area contributed by atoms with Crippen LogP contribution >= 0.6 is 0 Å². The van der Waals surface area contributed by atoms with Gasteiger partial charge in [0.25, 0.3) is 0 Å². The molecule has 1 aromatic carbocycles. The zero-order valence-corrected chi connectivity index (χ0v) is 10.3. The molecule has 0 N–H and O–H groups in total. The zero-order chi connectivity index (χ0) is 14.6. The molecule has 1 aromatic rings. The number of Topliss-reactive ketones (excluding diaryl/α,β-unsaturated/α-hetero) is 1. The number of hydrogen-bond acceptors (Lipinski definition) is 3. The van der Waals surface area contributed by atoms with E-state index in [1.807, 2.05) is 0 Å². The van der Waals surface area contributed by atoms with Gasteiger partial charge in [0.1, 0.15) is 0 Å². The van der Waals surface area contributed by atoms with Crippen molar-refractivity contribution in [3.63, 3.8) is 0 Å². The lowest BCUT2D eigenvalue weighted by Crippen LogP contribution is -2.22. The van der Waals surface area contributed by atoms with Crippen molar-refractivity contribution in [2.45, 2.75) is 39.2 Å². The van der Waals surface area contributed by atoms with Gasteiger partial charge in [0, 0.05) is 9.11 Å². The molecule has 0 heterocycles. The van der Waals surface area contributed by atoms with Gasteiger partial charge in [-0.2, -0.15) is 0 Å². The predicted octanol–water partition coefficient (Wildman–Crippen LogP) is 2.70. The number of ketones is 1. The van der Waals surface area contributed by atoms with Gasteiger partial charge in [-0.1, -0.05) is 37.3 Å². The minimum atomic E-state index is -2.28. The molecule has 0 bridgehead atoms. The Morgan fingerprint density at radius 3 is 2.35 bits per heavy atom. The Balaban J connectivity index is 2.91. The second-order valence-electron chi connectivity index (χ2n) is 4.06. The Morgan fingerprint density at radius 1 is 1.24 bits per heavy atom. The molecule has 0 fully saturated rings. The second-order valence-corrected chi connectivity index (χ2v) is 4.06. The van der Waals surface area contributed by atoms with E-state index in [0.29, 0.717) is 5.56 Å². The Kier molecular flexibility index (Phi) is 3.82. The Labute approximate surface area is 105 Å². The summed E-state index contributed by atoms with van der Waals surface area (Å²) in [6.45, 7) is 4.80. The van der Waals surface area contributed by atoms with Crippen molar-refractivity contribution in [2.24, 2.45) is 0 Å². The van der Waals surface area contributed by atoms with Crippen molar-refractivity contribution in [1.29, 1.82) is 0 Å². The van der Waals surface area contributed by atoms with Crippen LogP contribution in [0.4, 0.5) is 0 Å². The molecule has 1 rings (SSSR count). The van der Waals surface area contributed by atoms with Crippen LogP contribution in [0.1, 0.15) is 41.4 Å². The Hall–Kier alpha value is -1.64. The molecule has 0 aromatic heterocycles. The highest BCUT2D eigenvalue weighted by Gasteiger charge is 2.20. The van der Waals surface area contributed by atoms with Gasteiger partial charge in [-0.3, -0.25) is 4.79 Å². The van der Waals surface area contributed by atoms with Crippen LogP contribution in [0.15, 0.2) is 30.3 Å². The number of rotatable bonds is 5. The van der Waals surface area contributed by atoms with Crippen LogP contribution in [0.25, 0.3) is 0 Å². The molecule has 3 nitrogen and oxygen atoms in total. The lowest BCUT2D eigenvalue weighted by atomic mass is 9.96. The lowest BCUT2D eigenvalue weighted by molar-refractivity contribution is -0.156. The summed E-state index contributed by atoms with van der Waals surface area (Å²) in [5.41, 5.74) is 0.665. The molecular formula is C14H18O3. The fourth-order valence-corrected chi connectivity index (χ4v) is 1.35. The number of ether oxygens (including phenoxy) is 1. The summed E-state index contributed by atoms with van der Waals surface area (Å²) in [5, 5.41) is 0. The van der Waals surface area contributed by atoms with Gasteiger partial charge in [0.2, 0.25) is 5.78 Å². The predicted molar refractivity (Wildman–Crippen MR) is 65.7 cm³/mol. The summed E-state index contributed by atoms with van der Waals surface area (Å²) in [4.78, 5) is 23.4. The molecule has 92 valence electrons. The monoisotopic (exact) mass is 236 g/mol. The van der Waals surface area contributed by atoms with Crippen LogP contribution in [0.2, 0.25) is 0 Å². The third-order valence-corrected chi connectivity index (χ3v) is 2.18. The summed E-state index contributed by atoms with van der Waals surface area (Å²) in [6.07, 6.45) is -2.73. The van der Waals surface area contributed by atoms with Crippen molar-refractivity contribution >= 4 is 11.8 Å². The lowest BCUT2D eigenvalue weighted by Gasteiger charge is -2.11. The van der Waals surface area contributed by atoms with E-state index in [-0.39, 0.29) is 0 Å². The van der Waals surface area contributed by atoms with Gasteiger partial charge in [-0.25, -0.2) is 4.79 Å². The van der Waals surface area contributed by atoms with Gasteiger partial charge in [0.05, 0.1) is 6.10 Å². The highest BCUT2D eigenvalue weighted by atomic mass is 16.5.